The summed E-state index contributed by atoms with van der Waals surface area (Å²) >= 11 is 0. The fourth-order valence-electron chi connectivity index (χ4n) is 3.29. The van der Waals surface area contributed by atoms with E-state index >= 15 is 0 Å². The molecule has 1 atom stereocenters. The number of carbonyl (C=O) groups excluding carboxylic acids is 3. The lowest BCUT2D eigenvalue weighted by atomic mass is 9.98. The van der Waals surface area contributed by atoms with Gasteiger partial charge in [0.25, 0.3) is 5.91 Å². The smallest absolute Gasteiger partial charge is 0.261 e. The van der Waals surface area contributed by atoms with Crippen molar-refractivity contribution in [1.82, 2.24) is 10.2 Å². The van der Waals surface area contributed by atoms with Crippen molar-refractivity contribution in [2.75, 3.05) is 27.2 Å². The number of likely N-dealkylation sites (N-methyl/N-ethyl adjacent to an activating group) is 1. The predicted molar refractivity (Wildman–Crippen MR) is 101 cm³/mol. The van der Waals surface area contributed by atoms with Crippen LogP contribution in [0.5, 0.6) is 0 Å². The molecular weight excluding hydrogens is 342 g/mol. The molecule has 2 aromatic carbocycles. The minimum atomic E-state index is -0.411. The van der Waals surface area contributed by atoms with Crippen LogP contribution >= 0.6 is 0 Å². The maximum absolute atomic E-state index is 12.6. The second kappa shape index (κ2) is 8.14. The molecule has 0 radical (unpaired) electrons. The first-order valence-electron chi connectivity index (χ1n) is 9.01. The fraction of sp³-hybridized carbons (Fsp3) is 0.286. The van der Waals surface area contributed by atoms with Crippen molar-refractivity contribution in [3.05, 3.63) is 71.3 Å². The molecule has 1 heterocycles. The molecule has 0 aromatic heterocycles. The molecule has 1 aliphatic heterocycles. The van der Waals surface area contributed by atoms with Crippen LogP contribution in [0.4, 0.5) is 0 Å². The van der Waals surface area contributed by atoms with Gasteiger partial charge in [-0.05, 0) is 17.2 Å². The Morgan fingerprint density at radius 3 is 2.44 bits per heavy atom. The van der Waals surface area contributed by atoms with E-state index in [-0.39, 0.29) is 30.8 Å². The molecule has 0 fully saturated rings. The van der Waals surface area contributed by atoms with Gasteiger partial charge in [0.1, 0.15) is 19.1 Å². The third-order valence-electron chi connectivity index (χ3n) is 4.59. The van der Waals surface area contributed by atoms with Gasteiger partial charge in [0.2, 0.25) is 11.8 Å². The molecule has 2 N–H and O–H groups in total. The maximum Gasteiger partial charge on any atom is 0.261 e. The number of quaternary nitrogens is 1. The van der Waals surface area contributed by atoms with Gasteiger partial charge in [-0.3, -0.25) is 19.3 Å². The lowest BCUT2D eigenvalue weighted by Gasteiger charge is -2.27. The number of imide groups is 1. The molecule has 27 heavy (non-hydrogen) atoms. The van der Waals surface area contributed by atoms with E-state index in [2.05, 4.69) is 5.32 Å². The third-order valence-corrected chi connectivity index (χ3v) is 4.59. The van der Waals surface area contributed by atoms with Gasteiger partial charge < -0.3 is 10.2 Å². The molecule has 2 aromatic rings. The zero-order valence-electron chi connectivity index (χ0n) is 15.6. The summed E-state index contributed by atoms with van der Waals surface area (Å²) in [4.78, 5) is 39.8. The SMILES string of the molecule is C[NH+](C)C[C@@H](NC(=O)CN1C(=O)Cc2ccccc2C1=O)c1ccccc1. The maximum atomic E-state index is 12.6. The van der Waals surface area contributed by atoms with Crippen molar-refractivity contribution in [3.63, 3.8) is 0 Å². The summed E-state index contributed by atoms with van der Waals surface area (Å²) in [6.07, 6.45) is 0.138. The Morgan fingerprint density at radius 2 is 1.74 bits per heavy atom. The van der Waals surface area contributed by atoms with E-state index in [9.17, 15) is 14.4 Å². The molecule has 3 rings (SSSR count). The van der Waals surface area contributed by atoms with Gasteiger partial charge in [0, 0.05) is 5.56 Å². The molecule has 6 heteroatoms. The van der Waals surface area contributed by atoms with Gasteiger partial charge >= 0.3 is 0 Å². The fourth-order valence-corrected chi connectivity index (χ4v) is 3.29. The Kier molecular flexibility index (Phi) is 5.66. The lowest BCUT2D eigenvalue weighted by molar-refractivity contribution is -0.860. The van der Waals surface area contributed by atoms with Crippen molar-refractivity contribution < 1.29 is 19.3 Å². The average Bonchev–Trinajstić information content (AvgIpc) is 2.65. The van der Waals surface area contributed by atoms with E-state index in [0.29, 0.717) is 17.7 Å². The summed E-state index contributed by atoms with van der Waals surface area (Å²) < 4.78 is 0. The summed E-state index contributed by atoms with van der Waals surface area (Å²) in [5, 5.41) is 2.97. The van der Waals surface area contributed by atoms with Crippen LogP contribution in [0.2, 0.25) is 0 Å². The molecule has 0 saturated heterocycles. The highest BCUT2D eigenvalue weighted by atomic mass is 16.2. The molecule has 3 amide bonds. The molecule has 0 aliphatic carbocycles. The average molecular weight is 366 g/mol. The predicted octanol–water partition coefficient (Wildman–Crippen LogP) is 0.214. The number of nitrogens with zero attached hydrogens (tertiary/aromatic N) is 1. The van der Waals surface area contributed by atoms with Gasteiger partial charge in [0.15, 0.2) is 0 Å². The monoisotopic (exact) mass is 366 g/mol. The van der Waals surface area contributed by atoms with Crippen molar-refractivity contribution in [2.45, 2.75) is 12.5 Å². The van der Waals surface area contributed by atoms with E-state index in [4.69, 9.17) is 0 Å². The first-order valence-corrected chi connectivity index (χ1v) is 9.01. The van der Waals surface area contributed by atoms with E-state index in [1.54, 1.807) is 24.3 Å². The molecule has 140 valence electrons. The minimum Gasteiger partial charge on any atom is -0.342 e. The van der Waals surface area contributed by atoms with Crippen LogP contribution in [0.3, 0.4) is 0 Å². The molecule has 0 spiro atoms. The minimum absolute atomic E-state index is 0.138. The van der Waals surface area contributed by atoms with Crippen LogP contribution < -0.4 is 10.2 Å². The third kappa shape index (κ3) is 4.41. The van der Waals surface area contributed by atoms with Crippen molar-refractivity contribution in [3.8, 4) is 0 Å². The Bertz CT molecular complexity index is 849. The highest BCUT2D eigenvalue weighted by Crippen LogP contribution is 2.19. The normalized spacial score (nSPS) is 14.9. The van der Waals surface area contributed by atoms with Crippen molar-refractivity contribution >= 4 is 17.7 Å². The largest absolute Gasteiger partial charge is 0.342 e. The highest BCUT2D eigenvalue weighted by Gasteiger charge is 2.32. The number of carbonyl (C=O) groups is 3. The lowest BCUT2D eigenvalue weighted by Crippen LogP contribution is -3.06. The van der Waals surface area contributed by atoms with E-state index in [0.717, 1.165) is 10.5 Å². The number of benzene rings is 2. The van der Waals surface area contributed by atoms with Crippen LogP contribution in [0.1, 0.15) is 27.5 Å². The zero-order valence-corrected chi connectivity index (χ0v) is 15.6. The summed E-state index contributed by atoms with van der Waals surface area (Å²) in [6.45, 7) is 0.429. The van der Waals surface area contributed by atoms with Crippen LogP contribution in [0.25, 0.3) is 0 Å². The molecule has 0 saturated carbocycles. The molecule has 1 aliphatic rings. The van der Waals surface area contributed by atoms with Crippen LogP contribution in [-0.4, -0.2) is 49.8 Å². The number of nitrogens with one attached hydrogen (secondary N) is 2. The zero-order chi connectivity index (χ0) is 19.4. The topological polar surface area (TPSA) is 70.9 Å². The Balaban J connectivity index is 1.72. The van der Waals surface area contributed by atoms with Crippen LogP contribution in [-0.2, 0) is 16.0 Å². The second-order valence-corrected chi connectivity index (χ2v) is 7.06. The number of hydrogen-bond donors (Lipinski definition) is 2. The van der Waals surface area contributed by atoms with E-state index in [1.807, 2.05) is 44.4 Å². The first kappa shape index (κ1) is 18.8. The Morgan fingerprint density at radius 1 is 1.07 bits per heavy atom. The quantitative estimate of drug-likeness (QED) is 0.719. The van der Waals surface area contributed by atoms with E-state index in [1.165, 1.54) is 4.90 Å². The second-order valence-electron chi connectivity index (χ2n) is 7.06. The number of fused-ring (bicyclic) bond motifs is 1. The van der Waals surface area contributed by atoms with Crippen LogP contribution in [0, 0.1) is 0 Å². The molecule has 0 unspecified atom stereocenters. The Labute approximate surface area is 158 Å². The van der Waals surface area contributed by atoms with Crippen molar-refractivity contribution in [2.24, 2.45) is 0 Å². The van der Waals surface area contributed by atoms with Crippen LogP contribution in [0.15, 0.2) is 54.6 Å². The summed E-state index contributed by atoms with van der Waals surface area (Å²) in [5.74, 6) is -1.10. The highest BCUT2D eigenvalue weighted by molar-refractivity contribution is 6.11. The standard InChI is InChI=1S/C21H23N3O3/c1-23(2)13-18(15-8-4-3-5-9-15)22-19(25)14-24-20(26)12-16-10-6-7-11-17(16)21(24)27/h3-11,18H,12-14H2,1-2H3,(H,22,25)/p+1/t18-/m1/s1. The van der Waals surface area contributed by atoms with Gasteiger partial charge in [-0.25, -0.2) is 0 Å². The van der Waals surface area contributed by atoms with E-state index < -0.39 is 5.91 Å². The molecule has 6 nitrogen and oxygen atoms in total. The summed E-state index contributed by atoms with van der Waals surface area (Å²) in [5.41, 5.74) is 2.19. The molecule has 0 bridgehead atoms. The van der Waals surface area contributed by atoms with Crippen molar-refractivity contribution in [1.29, 1.82) is 0 Å². The number of rotatable bonds is 6. The van der Waals surface area contributed by atoms with Gasteiger partial charge in [0.05, 0.1) is 20.5 Å². The first-order chi connectivity index (χ1) is 13.0. The summed E-state index contributed by atoms with van der Waals surface area (Å²) in [6, 6.07) is 16.5. The summed E-state index contributed by atoms with van der Waals surface area (Å²) in [7, 11) is 4.02. The Hall–Kier alpha value is -2.99. The van der Waals surface area contributed by atoms with Gasteiger partial charge in [-0.15, -0.1) is 0 Å². The number of amides is 3. The van der Waals surface area contributed by atoms with Gasteiger partial charge in [-0.2, -0.15) is 0 Å². The van der Waals surface area contributed by atoms with Gasteiger partial charge in [-0.1, -0.05) is 48.5 Å². The molecular formula is C21H24N3O3+. The number of hydrogen-bond acceptors (Lipinski definition) is 3.